The van der Waals surface area contributed by atoms with E-state index in [1.54, 1.807) is 0 Å². The van der Waals surface area contributed by atoms with Crippen LogP contribution in [0.2, 0.25) is 0 Å². The number of hydrogen-bond donors (Lipinski definition) is 0. The van der Waals surface area contributed by atoms with E-state index < -0.39 is 0 Å². The summed E-state index contributed by atoms with van der Waals surface area (Å²) in [5, 5.41) is 0.926. The number of ether oxygens (including phenoxy) is 2. The molecule has 0 N–H and O–H groups in total. The molecule has 3 nitrogen and oxygen atoms in total. The maximum Gasteiger partial charge on any atom is 0.231 e. The Morgan fingerprint density at radius 2 is 1.70 bits per heavy atom. The molecule has 23 heavy (non-hydrogen) atoms. The normalized spacial score (nSPS) is 13.7. The second kappa shape index (κ2) is 5.03. The fourth-order valence-electron chi connectivity index (χ4n) is 2.82. The van der Waals surface area contributed by atoms with Gasteiger partial charge in [0.05, 0.1) is 9.86 Å². The highest BCUT2D eigenvalue weighted by Gasteiger charge is 2.24. The molecule has 2 aromatic carbocycles. The second-order valence-corrected chi connectivity index (χ2v) is 7.54. The third kappa shape index (κ3) is 2.32. The van der Waals surface area contributed by atoms with Gasteiger partial charge in [0.1, 0.15) is 11.3 Å². The van der Waals surface area contributed by atoms with Gasteiger partial charge in [0, 0.05) is 5.56 Å². The number of benzene rings is 2. The number of furan rings is 1. The minimum Gasteiger partial charge on any atom is -0.455 e. The van der Waals surface area contributed by atoms with Gasteiger partial charge in [-0.3, -0.25) is 0 Å². The van der Waals surface area contributed by atoms with Crippen molar-refractivity contribution in [2.45, 2.75) is 26.2 Å². The fourth-order valence-corrected chi connectivity index (χ4v) is 3.51. The van der Waals surface area contributed by atoms with Crippen LogP contribution in [0.25, 0.3) is 22.3 Å². The smallest absolute Gasteiger partial charge is 0.231 e. The molecule has 0 bridgehead atoms. The molecule has 4 heteroatoms. The molecule has 2 heterocycles. The molecule has 0 atom stereocenters. The summed E-state index contributed by atoms with van der Waals surface area (Å²) in [5.41, 5.74) is 3.26. The van der Waals surface area contributed by atoms with Crippen LogP contribution in [0, 0.1) is 0 Å². The van der Waals surface area contributed by atoms with Crippen molar-refractivity contribution in [3.63, 3.8) is 0 Å². The third-order valence-corrected chi connectivity index (χ3v) is 4.90. The Balaban J connectivity index is 1.85. The molecule has 1 aliphatic rings. The van der Waals surface area contributed by atoms with Crippen LogP contribution in [0.5, 0.6) is 11.5 Å². The van der Waals surface area contributed by atoms with Crippen molar-refractivity contribution in [2.75, 3.05) is 6.79 Å². The van der Waals surface area contributed by atoms with Crippen LogP contribution in [0.3, 0.4) is 0 Å². The van der Waals surface area contributed by atoms with Crippen LogP contribution < -0.4 is 9.47 Å². The lowest BCUT2D eigenvalue weighted by Crippen LogP contribution is -2.10. The Morgan fingerprint density at radius 3 is 2.39 bits per heavy atom. The molecular weight excluding hydrogens is 356 g/mol. The van der Waals surface area contributed by atoms with Gasteiger partial charge >= 0.3 is 0 Å². The minimum absolute atomic E-state index is 0.135. The first-order chi connectivity index (χ1) is 10.9. The second-order valence-electron chi connectivity index (χ2n) is 6.75. The number of rotatable bonds is 1. The van der Waals surface area contributed by atoms with E-state index in [0.717, 1.165) is 38.3 Å². The van der Waals surface area contributed by atoms with Crippen LogP contribution in [0.4, 0.5) is 0 Å². The lowest BCUT2D eigenvalue weighted by atomic mass is 9.86. The Morgan fingerprint density at radius 1 is 0.957 bits per heavy atom. The summed E-state index contributed by atoms with van der Waals surface area (Å²) >= 11 is 3.67. The van der Waals surface area contributed by atoms with E-state index >= 15 is 0 Å². The molecule has 1 aliphatic heterocycles. The van der Waals surface area contributed by atoms with E-state index in [0.29, 0.717) is 0 Å². The molecule has 118 valence electrons. The van der Waals surface area contributed by atoms with Gasteiger partial charge in [-0.25, -0.2) is 0 Å². The first-order valence-corrected chi connectivity index (χ1v) is 8.36. The van der Waals surface area contributed by atoms with Gasteiger partial charge in [-0.1, -0.05) is 45.0 Å². The monoisotopic (exact) mass is 372 g/mol. The first-order valence-electron chi connectivity index (χ1n) is 7.56. The highest BCUT2D eigenvalue weighted by molar-refractivity contribution is 9.10. The quantitative estimate of drug-likeness (QED) is 0.533. The van der Waals surface area contributed by atoms with Gasteiger partial charge in [-0.15, -0.1) is 0 Å². The topological polar surface area (TPSA) is 31.6 Å². The van der Waals surface area contributed by atoms with Crippen LogP contribution in [-0.4, -0.2) is 6.79 Å². The SMILES string of the molecule is CC(C)(C)c1ccc(-c2oc3ccc4c(c3c2Br)OCO4)cc1. The first kappa shape index (κ1) is 14.6. The van der Waals surface area contributed by atoms with Crippen molar-refractivity contribution in [3.05, 3.63) is 46.4 Å². The number of hydrogen-bond acceptors (Lipinski definition) is 3. The molecular formula is C19H17BrO3. The Labute approximate surface area is 143 Å². The number of halogens is 1. The zero-order valence-electron chi connectivity index (χ0n) is 13.3. The van der Waals surface area contributed by atoms with Gasteiger partial charge in [0.25, 0.3) is 0 Å². The third-order valence-electron chi connectivity index (χ3n) is 4.15. The van der Waals surface area contributed by atoms with Crippen LogP contribution in [-0.2, 0) is 5.41 Å². The summed E-state index contributed by atoms with van der Waals surface area (Å²) in [4.78, 5) is 0. The highest BCUT2D eigenvalue weighted by atomic mass is 79.9. The van der Waals surface area contributed by atoms with Gasteiger partial charge in [0.15, 0.2) is 11.5 Å². The average molecular weight is 373 g/mol. The molecule has 3 aromatic rings. The summed E-state index contributed by atoms with van der Waals surface area (Å²) in [5.74, 6) is 2.31. The molecule has 0 saturated heterocycles. The van der Waals surface area contributed by atoms with Gasteiger partial charge < -0.3 is 13.9 Å². The van der Waals surface area contributed by atoms with Crippen molar-refractivity contribution in [1.29, 1.82) is 0 Å². The highest BCUT2D eigenvalue weighted by Crippen LogP contribution is 2.47. The molecule has 1 aromatic heterocycles. The lowest BCUT2D eigenvalue weighted by Gasteiger charge is -2.18. The summed E-state index contributed by atoms with van der Waals surface area (Å²) in [6, 6.07) is 12.3. The predicted molar refractivity (Wildman–Crippen MR) is 94.2 cm³/mol. The largest absolute Gasteiger partial charge is 0.455 e. The van der Waals surface area contributed by atoms with E-state index in [2.05, 4.69) is 61.0 Å². The molecule has 4 rings (SSSR count). The van der Waals surface area contributed by atoms with Crippen molar-refractivity contribution < 1.29 is 13.9 Å². The van der Waals surface area contributed by atoms with Crippen molar-refractivity contribution in [1.82, 2.24) is 0 Å². The summed E-state index contributed by atoms with van der Waals surface area (Å²) in [6.45, 7) is 6.88. The van der Waals surface area contributed by atoms with E-state index in [1.165, 1.54) is 5.56 Å². The standard InChI is InChI=1S/C19H17BrO3/c1-19(2,3)12-6-4-11(5-7-12)17-16(20)15-13(23-17)8-9-14-18(15)22-10-21-14/h4-9H,10H2,1-3H3. The van der Waals surface area contributed by atoms with Gasteiger partial charge in [-0.05, 0) is 39.0 Å². The van der Waals surface area contributed by atoms with Gasteiger partial charge in [0.2, 0.25) is 6.79 Å². The Bertz CT molecular complexity index is 886. The fraction of sp³-hybridized carbons (Fsp3) is 0.263. The Hall–Kier alpha value is -1.94. The van der Waals surface area contributed by atoms with Crippen molar-refractivity contribution >= 4 is 26.9 Å². The van der Waals surface area contributed by atoms with Gasteiger partial charge in [-0.2, -0.15) is 0 Å². The van der Waals surface area contributed by atoms with E-state index in [1.807, 2.05) is 12.1 Å². The maximum atomic E-state index is 6.05. The average Bonchev–Trinajstić information content (AvgIpc) is 3.10. The van der Waals surface area contributed by atoms with Crippen LogP contribution in [0.1, 0.15) is 26.3 Å². The molecule has 0 fully saturated rings. The molecule has 0 aliphatic carbocycles. The van der Waals surface area contributed by atoms with E-state index in [4.69, 9.17) is 13.9 Å². The Kier molecular flexibility index (Phi) is 3.20. The molecule has 0 spiro atoms. The van der Waals surface area contributed by atoms with E-state index in [9.17, 15) is 0 Å². The van der Waals surface area contributed by atoms with Crippen LogP contribution >= 0.6 is 15.9 Å². The summed E-state index contributed by atoms with van der Waals surface area (Å²) < 4.78 is 18.0. The predicted octanol–water partition coefficient (Wildman–Crippen LogP) is 5.89. The molecule has 0 radical (unpaired) electrons. The zero-order valence-corrected chi connectivity index (χ0v) is 14.9. The lowest BCUT2D eigenvalue weighted by molar-refractivity contribution is 0.175. The minimum atomic E-state index is 0.135. The van der Waals surface area contributed by atoms with Crippen LogP contribution in [0.15, 0.2) is 45.3 Å². The number of fused-ring (bicyclic) bond motifs is 3. The van der Waals surface area contributed by atoms with Crippen molar-refractivity contribution in [3.8, 4) is 22.8 Å². The maximum absolute atomic E-state index is 6.05. The molecule has 0 amide bonds. The summed E-state index contributed by atoms with van der Waals surface area (Å²) in [7, 11) is 0. The van der Waals surface area contributed by atoms with E-state index in [-0.39, 0.29) is 12.2 Å². The zero-order chi connectivity index (χ0) is 16.2. The summed E-state index contributed by atoms with van der Waals surface area (Å²) in [6.07, 6.45) is 0. The van der Waals surface area contributed by atoms with Crippen molar-refractivity contribution in [2.24, 2.45) is 0 Å². The molecule has 0 unspecified atom stereocenters. The molecule has 0 saturated carbocycles.